The molecule has 1 aliphatic rings. The van der Waals surface area contributed by atoms with Gasteiger partial charge < -0.3 is 5.32 Å². The van der Waals surface area contributed by atoms with E-state index in [2.05, 4.69) is 104 Å². The first kappa shape index (κ1) is 25.8. The Bertz CT molecular complexity index is 1330. The molecule has 1 atom stereocenters. The van der Waals surface area contributed by atoms with Gasteiger partial charge >= 0.3 is 0 Å². The van der Waals surface area contributed by atoms with Crippen LogP contribution in [0.2, 0.25) is 0 Å². The SMILES string of the molecule is CC[C@@H](NC(=O)c1ccc(CC2CCN(Cc3ccc4cncnc4c3)CC2)cc1)c1ccc(I)cc1. The molecule has 0 bridgehead atoms. The van der Waals surface area contributed by atoms with Crippen molar-refractivity contribution in [3.63, 3.8) is 0 Å². The van der Waals surface area contributed by atoms with Crippen LogP contribution in [-0.4, -0.2) is 33.9 Å². The molecule has 190 valence electrons. The predicted molar refractivity (Wildman–Crippen MR) is 157 cm³/mol. The molecule has 1 aromatic heterocycles. The standard InChI is InChI=1S/C31H33IN4O/c1-2-29(25-9-11-28(32)12-10-25)35-31(37)26-6-3-22(4-7-26)17-23-13-15-36(16-14-23)20-24-5-8-27-19-33-21-34-30(27)18-24/h3-12,18-19,21,23,29H,2,13-17,20H2,1H3,(H,35,37)/t29-/m1/s1. The molecule has 5 nitrogen and oxygen atoms in total. The zero-order valence-electron chi connectivity index (χ0n) is 21.2. The summed E-state index contributed by atoms with van der Waals surface area (Å²) in [6, 6.07) is 23.1. The van der Waals surface area contributed by atoms with Gasteiger partial charge in [-0.15, -0.1) is 0 Å². The van der Waals surface area contributed by atoms with Crippen molar-refractivity contribution in [3.05, 3.63) is 105 Å². The minimum atomic E-state index is -0.00888. The van der Waals surface area contributed by atoms with Crippen molar-refractivity contribution in [1.82, 2.24) is 20.2 Å². The summed E-state index contributed by atoms with van der Waals surface area (Å²) < 4.78 is 1.20. The van der Waals surface area contributed by atoms with Gasteiger partial charge in [-0.3, -0.25) is 9.69 Å². The Hall–Kier alpha value is -2.84. The Labute approximate surface area is 232 Å². The molecule has 1 aliphatic heterocycles. The van der Waals surface area contributed by atoms with Gasteiger partial charge in [-0.2, -0.15) is 0 Å². The molecule has 1 saturated heterocycles. The highest BCUT2D eigenvalue weighted by Gasteiger charge is 2.20. The van der Waals surface area contributed by atoms with Crippen molar-refractivity contribution in [2.75, 3.05) is 13.1 Å². The molecule has 3 aromatic carbocycles. The lowest BCUT2D eigenvalue weighted by Gasteiger charge is -2.32. The molecule has 0 radical (unpaired) electrons. The van der Waals surface area contributed by atoms with E-state index in [9.17, 15) is 4.79 Å². The second kappa shape index (κ2) is 12.1. The van der Waals surface area contributed by atoms with E-state index in [1.54, 1.807) is 6.33 Å². The van der Waals surface area contributed by atoms with Crippen LogP contribution in [0.5, 0.6) is 0 Å². The summed E-state index contributed by atoms with van der Waals surface area (Å²) in [7, 11) is 0. The fraction of sp³-hybridized carbons (Fsp3) is 0.323. The first-order valence-corrected chi connectivity index (χ1v) is 14.2. The molecule has 6 heteroatoms. The zero-order chi connectivity index (χ0) is 25.6. The second-order valence-corrected chi connectivity index (χ2v) is 11.3. The van der Waals surface area contributed by atoms with E-state index in [4.69, 9.17) is 0 Å². The van der Waals surface area contributed by atoms with Crippen molar-refractivity contribution >= 4 is 39.4 Å². The van der Waals surface area contributed by atoms with E-state index in [0.717, 1.165) is 54.5 Å². The van der Waals surface area contributed by atoms with Gasteiger partial charge in [0.2, 0.25) is 0 Å². The first-order chi connectivity index (χ1) is 18.1. The number of fused-ring (bicyclic) bond motifs is 1. The number of halogens is 1. The van der Waals surface area contributed by atoms with Crippen LogP contribution >= 0.6 is 22.6 Å². The van der Waals surface area contributed by atoms with Gasteiger partial charge in [0.1, 0.15) is 6.33 Å². The number of rotatable bonds is 8. The van der Waals surface area contributed by atoms with Gasteiger partial charge in [-0.25, -0.2) is 9.97 Å². The van der Waals surface area contributed by atoms with Crippen molar-refractivity contribution in [2.45, 2.75) is 45.2 Å². The monoisotopic (exact) mass is 604 g/mol. The summed E-state index contributed by atoms with van der Waals surface area (Å²) in [4.78, 5) is 23.9. The Morgan fingerprint density at radius 1 is 1.03 bits per heavy atom. The highest BCUT2D eigenvalue weighted by atomic mass is 127. The quantitative estimate of drug-likeness (QED) is 0.231. The topological polar surface area (TPSA) is 58.1 Å². The average Bonchev–Trinajstić information content (AvgIpc) is 2.93. The minimum Gasteiger partial charge on any atom is -0.345 e. The number of nitrogens with zero attached hydrogens (tertiary/aromatic N) is 3. The molecular formula is C31H33IN4O. The van der Waals surface area contributed by atoms with Crippen molar-refractivity contribution < 1.29 is 4.79 Å². The van der Waals surface area contributed by atoms with Crippen LogP contribution in [0.25, 0.3) is 10.9 Å². The molecule has 1 fully saturated rings. The third-order valence-corrected chi connectivity index (χ3v) is 8.13. The lowest BCUT2D eigenvalue weighted by molar-refractivity contribution is 0.0935. The number of carbonyl (C=O) groups excluding carboxylic acids is 1. The van der Waals surface area contributed by atoms with Crippen LogP contribution in [0.1, 0.15) is 59.3 Å². The highest BCUT2D eigenvalue weighted by Crippen LogP contribution is 2.24. The van der Waals surface area contributed by atoms with Gasteiger partial charge in [0.15, 0.2) is 0 Å². The van der Waals surface area contributed by atoms with Gasteiger partial charge in [0, 0.05) is 27.3 Å². The van der Waals surface area contributed by atoms with E-state index in [0.29, 0.717) is 5.92 Å². The molecule has 0 saturated carbocycles. The number of nitrogens with one attached hydrogen (secondary N) is 1. The summed E-state index contributed by atoms with van der Waals surface area (Å²) in [5.74, 6) is 0.677. The summed E-state index contributed by atoms with van der Waals surface area (Å²) in [6.45, 7) is 5.30. The normalized spacial score (nSPS) is 15.5. The minimum absolute atomic E-state index is 0.00888. The lowest BCUT2D eigenvalue weighted by Crippen LogP contribution is -2.33. The largest absolute Gasteiger partial charge is 0.345 e. The summed E-state index contributed by atoms with van der Waals surface area (Å²) >= 11 is 2.30. The summed E-state index contributed by atoms with van der Waals surface area (Å²) in [6.07, 6.45) is 7.81. The average molecular weight is 605 g/mol. The number of amides is 1. The Morgan fingerprint density at radius 3 is 2.49 bits per heavy atom. The molecule has 1 N–H and O–H groups in total. The van der Waals surface area contributed by atoms with E-state index >= 15 is 0 Å². The molecule has 0 spiro atoms. The number of benzene rings is 3. The van der Waals surface area contributed by atoms with Gasteiger partial charge in [0.05, 0.1) is 11.6 Å². The van der Waals surface area contributed by atoms with Crippen LogP contribution in [0, 0.1) is 9.49 Å². The van der Waals surface area contributed by atoms with Crippen LogP contribution < -0.4 is 5.32 Å². The van der Waals surface area contributed by atoms with Gasteiger partial charge in [-0.1, -0.05) is 43.3 Å². The maximum absolute atomic E-state index is 12.9. The van der Waals surface area contributed by atoms with Gasteiger partial charge in [0.25, 0.3) is 5.91 Å². The highest BCUT2D eigenvalue weighted by molar-refractivity contribution is 14.1. The van der Waals surface area contributed by atoms with Crippen LogP contribution in [0.3, 0.4) is 0 Å². The Balaban J connectivity index is 1.11. The van der Waals surface area contributed by atoms with Crippen LogP contribution in [0.15, 0.2) is 79.3 Å². The fourth-order valence-corrected chi connectivity index (χ4v) is 5.57. The van der Waals surface area contributed by atoms with Crippen LogP contribution in [0.4, 0.5) is 0 Å². The maximum Gasteiger partial charge on any atom is 0.251 e. The first-order valence-electron chi connectivity index (χ1n) is 13.1. The van der Waals surface area contributed by atoms with Gasteiger partial charge in [-0.05, 0) is 114 Å². The van der Waals surface area contributed by atoms with E-state index in [1.807, 2.05) is 18.3 Å². The second-order valence-electron chi connectivity index (χ2n) is 10.0. The van der Waals surface area contributed by atoms with Crippen LogP contribution in [-0.2, 0) is 13.0 Å². The molecule has 0 aliphatic carbocycles. The van der Waals surface area contributed by atoms with Crippen molar-refractivity contribution in [2.24, 2.45) is 5.92 Å². The molecular weight excluding hydrogens is 571 g/mol. The summed E-state index contributed by atoms with van der Waals surface area (Å²) in [5, 5.41) is 4.29. The van der Waals surface area contributed by atoms with E-state index in [-0.39, 0.29) is 11.9 Å². The third kappa shape index (κ3) is 6.73. The van der Waals surface area contributed by atoms with E-state index in [1.165, 1.54) is 27.5 Å². The molecule has 4 aromatic rings. The number of piperidine rings is 1. The van der Waals surface area contributed by atoms with Crippen molar-refractivity contribution in [3.8, 4) is 0 Å². The predicted octanol–water partition coefficient (Wildman–Crippen LogP) is 6.57. The molecule has 37 heavy (non-hydrogen) atoms. The number of hydrogen-bond donors (Lipinski definition) is 1. The number of carbonyl (C=O) groups is 1. The number of hydrogen-bond acceptors (Lipinski definition) is 4. The number of aromatic nitrogens is 2. The third-order valence-electron chi connectivity index (χ3n) is 7.41. The molecule has 5 rings (SSSR count). The van der Waals surface area contributed by atoms with E-state index < -0.39 is 0 Å². The summed E-state index contributed by atoms with van der Waals surface area (Å²) in [5.41, 5.74) is 5.51. The number of likely N-dealkylation sites (tertiary alicyclic amines) is 1. The molecule has 1 amide bonds. The maximum atomic E-state index is 12.9. The Kier molecular flexibility index (Phi) is 8.46. The fourth-order valence-electron chi connectivity index (χ4n) is 5.21. The van der Waals surface area contributed by atoms with Crippen molar-refractivity contribution in [1.29, 1.82) is 0 Å². The molecule has 0 unspecified atom stereocenters. The zero-order valence-corrected chi connectivity index (χ0v) is 23.4. The Morgan fingerprint density at radius 2 is 1.76 bits per heavy atom. The molecule has 2 heterocycles. The smallest absolute Gasteiger partial charge is 0.251 e. The lowest BCUT2D eigenvalue weighted by atomic mass is 9.89.